The summed E-state index contributed by atoms with van der Waals surface area (Å²) in [5.41, 5.74) is 0.779. The van der Waals surface area contributed by atoms with E-state index in [1.165, 1.54) is 13.2 Å². The fourth-order valence-electron chi connectivity index (χ4n) is 2.99. The highest BCUT2D eigenvalue weighted by molar-refractivity contribution is 5.73. The van der Waals surface area contributed by atoms with E-state index in [0.717, 1.165) is 31.4 Å². The van der Waals surface area contributed by atoms with E-state index in [-0.39, 0.29) is 11.8 Å². The van der Waals surface area contributed by atoms with Gasteiger partial charge in [-0.1, -0.05) is 18.9 Å². The molecule has 0 saturated carbocycles. The Morgan fingerprint density at radius 1 is 1.43 bits per heavy atom. The fourth-order valence-corrected chi connectivity index (χ4v) is 2.99. The molecule has 1 heterocycles. The van der Waals surface area contributed by atoms with Crippen LogP contribution < -0.4 is 4.74 Å². The van der Waals surface area contributed by atoms with Gasteiger partial charge < -0.3 is 9.84 Å². The van der Waals surface area contributed by atoms with Crippen LogP contribution in [-0.4, -0.2) is 35.7 Å². The number of aliphatic carboxylic acids is 1. The maximum absolute atomic E-state index is 13.9. The summed E-state index contributed by atoms with van der Waals surface area (Å²) in [6.07, 6.45) is 3.60. The van der Waals surface area contributed by atoms with Crippen molar-refractivity contribution in [3.63, 3.8) is 0 Å². The average Bonchev–Trinajstić information content (AvgIpc) is 2.72. The van der Waals surface area contributed by atoms with Gasteiger partial charge in [0, 0.05) is 6.04 Å². The molecule has 1 aromatic rings. The molecule has 1 aliphatic rings. The number of nitrogens with zero attached hydrogens (tertiary/aromatic N) is 1. The number of likely N-dealkylation sites (tertiary alicyclic amines) is 1. The van der Waals surface area contributed by atoms with Gasteiger partial charge in [0.15, 0.2) is 11.6 Å². The third-order valence-electron chi connectivity index (χ3n) is 4.23. The summed E-state index contributed by atoms with van der Waals surface area (Å²) in [5, 5.41) is 9.43. The maximum Gasteiger partial charge on any atom is 0.320 e. The van der Waals surface area contributed by atoms with Crippen LogP contribution in [0.25, 0.3) is 0 Å². The van der Waals surface area contributed by atoms with Gasteiger partial charge in [-0.05, 0) is 44.0 Å². The molecule has 0 radical (unpaired) electrons. The Bertz CT molecular complexity index is 506. The van der Waals surface area contributed by atoms with Crippen molar-refractivity contribution in [2.24, 2.45) is 0 Å². The molecule has 116 valence electrons. The van der Waals surface area contributed by atoms with E-state index >= 15 is 0 Å². The molecular weight excluding hydrogens is 273 g/mol. The van der Waals surface area contributed by atoms with E-state index in [0.29, 0.717) is 6.42 Å². The summed E-state index contributed by atoms with van der Waals surface area (Å²) < 4.78 is 18.8. The summed E-state index contributed by atoms with van der Waals surface area (Å²) in [6, 6.07) is 4.20. The Balaban J connectivity index is 2.25. The molecule has 0 amide bonds. The van der Waals surface area contributed by atoms with Crippen LogP contribution in [0.15, 0.2) is 18.2 Å². The lowest BCUT2D eigenvalue weighted by atomic mass is 10.0. The van der Waals surface area contributed by atoms with E-state index in [1.54, 1.807) is 12.1 Å². The van der Waals surface area contributed by atoms with Crippen LogP contribution in [0.3, 0.4) is 0 Å². The first-order chi connectivity index (χ1) is 10.0. The first-order valence-electron chi connectivity index (χ1n) is 7.36. The van der Waals surface area contributed by atoms with E-state index in [9.17, 15) is 14.3 Å². The quantitative estimate of drug-likeness (QED) is 0.926. The number of carboxylic acid groups (broad SMARTS) is 1. The topological polar surface area (TPSA) is 49.8 Å². The molecule has 5 heteroatoms. The Hall–Kier alpha value is -1.62. The molecule has 2 rings (SSSR count). The van der Waals surface area contributed by atoms with Crippen molar-refractivity contribution in [3.8, 4) is 5.75 Å². The van der Waals surface area contributed by atoms with E-state index in [1.807, 2.05) is 11.8 Å². The van der Waals surface area contributed by atoms with Crippen LogP contribution in [0.2, 0.25) is 0 Å². The minimum atomic E-state index is -0.794. The summed E-state index contributed by atoms with van der Waals surface area (Å²) in [6.45, 7) is 2.66. The minimum absolute atomic E-state index is 0.135. The predicted octanol–water partition coefficient (Wildman–Crippen LogP) is 3.22. The zero-order valence-electron chi connectivity index (χ0n) is 12.5. The van der Waals surface area contributed by atoms with Crippen molar-refractivity contribution in [1.82, 2.24) is 4.90 Å². The molecule has 1 N–H and O–H groups in total. The molecule has 1 aromatic carbocycles. The molecule has 0 spiro atoms. The van der Waals surface area contributed by atoms with Crippen LogP contribution in [0.4, 0.5) is 4.39 Å². The van der Waals surface area contributed by atoms with Crippen molar-refractivity contribution < 1.29 is 19.0 Å². The monoisotopic (exact) mass is 295 g/mol. The van der Waals surface area contributed by atoms with Gasteiger partial charge in [0.1, 0.15) is 6.04 Å². The third-order valence-corrected chi connectivity index (χ3v) is 4.23. The maximum atomic E-state index is 13.9. The molecular formula is C16H22FNO3. The van der Waals surface area contributed by atoms with Gasteiger partial charge >= 0.3 is 5.97 Å². The average molecular weight is 295 g/mol. The van der Waals surface area contributed by atoms with Gasteiger partial charge in [-0.25, -0.2) is 4.39 Å². The Morgan fingerprint density at radius 2 is 2.19 bits per heavy atom. The first-order valence-corrected chi connectivity index (χ1v) is 7.36. The standard InChI is InChI=1S/C16H22FNO3/c1-11(12-7-8-15(21-2)13(17)10-12)18-9-5-3-4-6-14(18)16(19)20/h7-8,10-11,14H,3-6,9H2,1-2H3,(H,19,20). The Kier molecular flexibility index (Phi) is 5.17. The highest BCUT2D eigenvalue weighted by Gasteiger charge is 2.31. The molecule has 4 nitrogen and oxygen atoms in total. The number of rotatable bonds is 4. The van der Waals surface area contributed by atoms with Gasteiger partial charge in [-0.15, -0.1) is 0 Å². The summed E-state index contributed by atoms with van der Waals surface area (Å²) in [4.78, 5) is 13.5. The van der Waals surface area contributed by atoms with Crippen LogP contribution in [0, 0.1) is 5.82 Å². The summed E-state index contributed by atoms with van der Waals surface area (Å²) >= 11 is 0. The second kappa shape index (κ2) is 6.89. The van der Waals surface area contributed by atoms with E-state index in [2.05, 4.69) is 0 Å². The molecule has 1 saturated heterocycles. The molecule has 0 aromatic heterocycles. The SMILES string of the molecule is COc1ccc(C(C)N2CCCCCC2C(=O)O)cc1F. The highest BCUT2D eigenvalue weighted by Crippen LogP contribution is 2.30. The lowest BCUT2D eigenvalue weighted by Crippen LogP contribution is -2.42. The van der Waals surface area contributed by atoms with Crippen LogP contribution in [-0.2, 0) is 4.79 Å². The number of benzene rings is 1. The van der Waals surface area contributed by atoms with Gasteiger partial charge in [0.05, 0.1) is 7.11 Å². The molecule has 1 fully saturated rings. The van der Waals surface area contributed by atoms with Crippen LogP contribution in [0.1, 0.15) is 44.2 Å². The number of methoxy groups -OCH3 is 1. The van der Waals surface area contributed by atoms with Gasteiger partial charge in [0.25, 0.3) is 0 Å². The molecule has 2 unspecified atom stereocenters. The fraction of sp³-hybridized carbons (Fsp3) is 0.562. The van der Waals surface area contributed by atoms with Crippen molar-refractivity contribution >= 4 is 5.97 Å². The van der Waals surface area contributed by atoms with Gasteiger partial charge in [-0.3, -0.25) is 9.69 Å². The first kappa shape index (κ1) is 15.8. The second-order valence-electron chi connectivity index (χ2n) is 5.51. The zero-order valence-corrected chi connectivity index (χ0v) is 12.5. The van der Waals surface area contributed by atoms with Crippen molar-refractivity contribution in [2.45, 2.75) is 44.7 Å². The van der Waals surface area contributed by atoms with Gasteiger partial charge in [0.2, 0.25) is 0 Å². The number of carbonyl (C=O) groups is 1. The third kappa shape index (κ3) is 3.53. The second-order valence-corrected chi connectivity index (χ2v) is 5.51. The molecule has 21 heavy (non-hydrogen) atoms. The summed E-state index contributed by atoms with van der Waals surface area (Å²) in [7, 11) is 1.43. The lowest BCUT2D eigenvalue weighted by Gasteiger charge is -2.33. The van der Waals surface area contributed by atoms with Crippen molar-refractivity contribution in [2.75, 3.05) is 13.7 Å². The highest BCUT2D eigenvalue weighted by atomic mass is 19.1. The van der Waals surface area contributed by atoms with Crippen molar-refractivity contribution in [1.29, 1.82) is 0 Å². The molecule has 2 atom stereocenters. The van der Waals surface area contributed by atoms with Crippen LogP contribution >= 0.6 is 0 Å². The number of halogens is 1. The molecule has 0 aliphatic carbocycles. The number of ether oxygens (including phenoxy) is 1. The Labute approximate surface area is 124 Å². The molecule has 0 bridgehead atoms. The largest absolute Gasteiger partial charge is 0.494 e. The normalized spacial score (nSPS) is 21.6. The summed E-state index contributed by atoms with van der Waals surface area (Å²) in [5.74, 6) is -1.00. The lowest BCUT2D eigenvalue weighted by molar-refractivity contribution is -0.144. The zero-order chi connectivity index (χ0) is 15.4. The Morgan fingerprint density at radius 3 is 2.81 bits per heavy atom. The number of hydrogen-bond acceptors (Lipinski definition) is 3. The predicted molar refractivity (Wildman–Crippen MR) is 78.0 cm³/mol. The van der Waals surface area contributed by atoms with Crippen molar-refractivity contribution in [3.05, 3.63) is 29.6 Å². The smallest absolute Gasteiger partial charge is 0.320 e. The molecule has 1 aliphatic heterocycles. The van der Waals surface area contributed by atoms with Crippen LogP contribution in [0.5, 0.6) is 5.75 Å². The number of carboxylic acids is 1. The van der Waals surface area contributed by atoms with E-state index in [4.69, 9.17) is 4.74 Å². The van der Waals surface area contributed by atoms with E-state index < -0.39 is 17.8 Å². The number of hydrogen-bond donors (Lipinski definition) is 1. The minimum Gasteiger partial charge on any atom is -0.494 e. The van der Waals surface area contributed by atoms with Gasteiger partial charge in [-0.2, -0.15) is 0 Å².